The van der Waals surface area contributed by atoms with E-state index in [1.165, 1.54) is 11.1 Å². The summed E-state index contributed by atoms with van der Waals surface area (Å²) >= 11 is 0. The van der Waals surface area contributed by atoms with Gasteiger partial charge in [-0.15, -0.1) is 0 Å². The van der Waals surface area contributed by atoms with Crippen LogP contribution < -0.4 is 15.1 Å². The number of urea groups is 1. The van der Waals surface area contributed by atoms with Crippen LogP contribution in [0.5, 0.6) is 5.75 Å². The molecule has 1 N–H and O–H groups in total. The highest BCUT2D eigenvalue weighted by Gasteiger charge is 2.27. The summed E-state index contributed by atoms with van der Waals surface area (Å²) in [4.78, 5) is 26.7. The molecule has 0 spiro atoms. The molecule has 4 rings (SSSR count). The van der Waals surface area contributed by atoms with E-state index in [4.69, 9.17) is 4.74 Å². The quantitative estimate of drug-likeness (QED) is 0.758. The van der Waals surface area contributed by atoms with Gasteiger partial charge >= 0.3 is 6.03 Å². The molecule has 1 aliphatic heterocycles. The first-order chi connectivity index (χ1) is 13.6. The molecule has 1 aromatic heterocycles. The zero-order chi connectivity index (χ0) is 19.5. The van der Waals surface area contributed by atoms with Crippen LogP contribution in [0.2, 0.25) is 0 Å². The molecule has 0 saturated heterocycles. The Morgan fingerprint density at radius 1 is 1.14 bits per heavy atom. The lowest BCUT2D eigenvalue weighted by Crippen LogP contribution is -2.51. The summed E-state index contributed by atoms with van der Waals surface area (Å²) < 4.78 is 7.32. The van der Waals surface area contributed by atoms with Crippen LogP contribution in [0.1, 0.15) is 15.9 Å². The van der Waals surface area contributed by atoms with Gasteiger partial charge in [0.2, 0.25) is 0 Å². The van der Waals surface area contributed by atoms with Gasteiger partial charge in [0.15, 0.2) is 6.73 Å². The molecule has 0 radical (unpaired) electrons. The molecule has 142 valence electrons. The number of aromatic nitrogens is 2. The molecule has 3 amide bonds. The van der Waals surface area contributed by atoms with Gasteiger partial charge in [-0.2, -0.15) is 10.1 Å². The van der Waals surface area contributed by atoms with E-state index in [0.717, 1.165) is 10.6 Å². The minimum atomic E-state index is -0.435. The van der Waals surface area contributed by atoms with Gasteiger partial charge in [0.05, 0.1) is 24.0 Å². The number of anilines is 1. The van der Waals surface area contributed by atoms with Crippen molar-refractivity contribution in [2.24, 2.45) is 0 Å². The van der Waals surface area contributed by atoms with E-state index in [-0.39, 0.29) is 6.73 Å². The largest absolute Gasteiger partial charge is 0.469 e. The maximum Gasteiger partial charge on any atom is 0.346 e. The Morgan fingerprint density at radius 2 is 1.89 bits per heavy atom. The number of hydrogen-bond donors (Lipinski definition) is 1. The predicted molar refractivity (Wildman–Crippen MR) is 103 cm³/mol. The Bertz CT molecular complexity index is 1000. The molecule has 2 heterocycles. The van der Waals surface area contributed by atoms with Crippen LogP contribution in [-0.2, 0) is 6.54 Å². The first-order valence-corrected chi connectivity index (χ1v) is 8.76. The second-order valence-electron chi connectivity index (χ2n) is 6.36. The maximum absolute atomic E-state index is 12.7. The number of nitrogens with zero attached hydrogens (tertiary/aromatic N) is 4. The molecule has 0 bridgehead atoms. The van der Waals surface area contributed by atoms with E-state index in [0.29, 0.717) is 23.5 Å². The predicted octanol–water partition coefficient (Wildman–Crippen LogP) is 2.48. The Labute approximate surface area is 161 Å². The average Bonchev–Trinajstić information content (AvgIpc) is 3.15. The molecular formula is C20H19N5O3. The summed E-state index contributed by atoms with van der Waals surface area (Å²) in [5.74, 6) is 0.140. The standard InChI is InChI=1S/C20H19N5O3/c1-23-17-9-5-6-10-18(17)28-14-25(20(23)27)22-19(26)16-11-21-24(13-16)12-15-7-3-2-4-8-15/h2-11,13H,12,14H2,1H3,(H,22,26). The van der Waals surface area contributed by atoms with Crippen molar-refractivity contribution < 1.29 is 14.3 Å². The van der Waals surface area contributed by atoms with Crippen LogP contribution in [-0.4, -0.2) is 40.5 Å². The lowest BCUT2D eigenvalue weighted by molar-refractivity contribution is 0.0705. The number of hydrogen-bond acceptors (Lipinski definition) is 4. The summed E-state index contributed by atoms with van der Waals surface area (Å²) in [5.41, 5.74) is 4.66. The highest BCUT2D eigenvalue weighted by Crippen LogP contribution is 2.29. The van der Waals surface area contributed by atoms with Crippen molar-refractivity contribution in [2.45, 2.75) is 6.54 Å². The van der Waals surface area contributed by atoms with E-state index >= 15 is 0 Å². The summed E-state index contributed by atoms with van der Waals surface area (Å²) in [6, 6.07) is 16.6. The topological polar surface area (TPSA) is 79.7 Å². The van der Waals surface area contributed by atoms with E-state index in [9.17, 15) is 9.59 Å². The molecule has 0 saturated carbocycles. The number of amides is 3. The first kappa shape index (κ1) is 17.6. The fourth-order valence-electron chi connectivity index (χ4n) is 2.93. The highest BCUT2D eigenvalue weighted by atomic mass is 16.5. The zero-order valence-electron chi connectivity index (χ0n) is 15.3. The van der Waals surface area contributed by atoms with Crippen molar-refractivity contribution in [1.29, 1.82) is 0 Å². The van der Waals surface area contributed by atoms with E-state index < -0.39 is 11.9 Å². The smallest absolute Gasteiger partial charge is 0.346 e. The number of carbonyl (C=O) groups excluding carboxylic acids is 2. The van der Waals surface area contributed by atoms with Gasteiger partial charge in [-0.05, 0) is 17.7 Å². The summed E-state index contributed by atoms with van der Waals surface area (Å²) in [7, 11) is 1.63. The van der Waals surface area contributed by atoms with Gasteiger partial charge in [-0.3, -0.25) is 19.8 Å². The summed E-state index contributed by atoms with van der Waals surface area (Å²) in [6.07, 6.45) is 3.11. The average molecular weight is 377 g/mol. The van der Waals surface area contributed by atoms with Crippen LogP contribution in [0.15, 0.2) is 67.0 Å². The third kappa shape index (κ3) is 3.52. The van der Waals surface area contributed by atoms with Crippen molar-refractivity contribution in [3.63, 3.8) is 0 Å². The molecule has 0 aliphatic carbocycles. The molecule has 0 fully saturated rings. The number of hydrazine groups is 1. The van der Waals surface area contributed by atoms with Gasteiger partial charge in [0, 0.05) is 13.2 Å². The Balaban J connectivity index is 1.45. The normalized spacial score (nSPS) is 13.5. The van der Waals surface area contributed by atoms with Gasteiger partial charge in [0.25, 0.3) is 5.91 Å². The molecule has 3 aromatic rings. The Kier molecular flexibility index (Phi) is 4.67. The van der Waals surface area contributed by atoms with E-state index in [2.05, 4.69) is 10.5 Å². The van der Waals surface area contributed by atoms with Crippen molar-refractivity contribution >= 4 is 17.6 Å². The fourth-order valence-corrected chi connectivity index (χ4v) is 2.93. The number of carbonyl (C=O) groups is 2. The number of rotatable bonds is 4. The van der Waals surface area contributed by atoms with Gasteiger partial charge in [-0.25, -0.2) is 4.79 Å². The molecule has 8 nitrogen and oxygen atoms in total. The number of benzene rings is 2. The lowest BCUT2D eigenvalue weighted by Gasteiger charge is -2.23. The Hall–Kier alpha value is -3.81. The monoisotopic (exact) mass is 377 g/mol. The van der Waals surface area contributed by atoms with Gasteiger partial charge < -0.3 is 4.74 Å². The fraction of sp³-hybridized carbons (Fsp3) is 0.150. The molecule has 8 heteroatoms. The maximum atomic E-state index is 12.7. The number of nitrogens with one attached hydrogen (secondary N) is 1. The van der Waals surface area contributed by atoms with Crippen LogP contribution in [0.25, 0.3) is 0 Å². The van der Waals surface area contributed by atoms with Crippen LogP contribution >= 0.6 is 0 Å². The minimum absolute atomic E-state index is 0.0932. The first-order valence-electron chi connectivity index (χ1n) is 8.76. The van der Waals surface area contributed by atoms with E-state index in [1.54, 1.807) is 30.1 Å². The molecule has 2 aromatic carbocycles. The minimum Gasteiger partial charge on any atom is -0.469 e. The van der Waals surface area contributed by atoms with Gasteiger partial charge in [0.1, 0.15) is 5.75 Å². The number of fused-ring (bicyclic) bond motifs is 1. The second-order valence-corrected chi connectivity index (χ2v) is 6.36. The lowest BCUT2D eigenvalue weighted by atomic mass is 10.2. The number of ether oxygens (including phenoxy) is 1. The van der Waals surface area contributed by atoms with Crippen LogP contribution in [0, 0.1) is 0 Å². The summed E-state index contributed by atoms with van der Waals surface area (Å²) in [5, 5.41) is 5.36. The SMILES string of the molecule is CN1C(=O)N(NC(=O)c2cnn(Cc3ccccc3)c2)COc2ccccc21. The van der Waals surface area contributed by atoms with E-state index in [1.807, 2.05) is 42.5 Å². The Morgan fingerprint density at radius 3 is 2.71 bits per heavy atom. The number of para-hydroxylation sites is 2. The zero-order valence-corrected chi connectivity index (χ0v) is 15.3. The molecule has 0 unspecified atom stereocenters. The second kappa shape index (κ2) is 7.43. The van der Waals surface area contributed by atoms with Crippen molar-refractivity contribution in [3.05, 3.63) is 78.1 Å². The van der Waals surface area contributed by atoms with Crippen LogP contribution in [0.4, 0.5) is 10.5 Å². The van der Waals surface area contributed by atoms with Gasteiger partial charge in [-0.1, -0.05) is 42.5 Å². The third-order valence-electron chi connectivity index (χ3n) is 4.41. The van der Waals surface area contributed by atoms with Crippen molar-refractivity contribution in [1.82, 2.24) is 20.2 Å². The molecule has 1 aliphatic rings. The molecular weight excluding hydrogens is 358 g/mol. The molecule has 0 atom stereocenters. The third-order valence-corrected chi connectivity index (χ3v) is 4.41. The highest BCUT2D eigenvalue weighted by molar-refractivity contribution is 5.98. The van der Waals surface area contributed by atoms with Crippen LogP contribution in [0.3, 0.4) is 0 Å². The van der Waals surface area contributed by atoms with Crippen molar-refractivity contribution in [3.8, 4) is 5.75 Å². The molecule has 28 heavy (non-hydrogen) atoms. The summed E-state index contributed by atoms with van der Waals surface area (Å²) in [6.45, 7) is 0.460. The van der Waals surface area contributed by atoms with Crippen molar-refractivity contribution in [2.75, 3.05) is 18.7 Å².